The molecule has 5 nitrogen and oxygen atoms in total. The average Bonchev–Trinajstić information content (AvgIpc) is 3.00. The molecule has 2 saturated heterocycles. The van der Waals surface area contributed by atoms with Crippen LogP contribution in [0.3, 0.4) is 0 Å². The van der Waals surface area contributed by atoms with Crippen LogP contribution in [0.1, 0.15) is 63.0 Å². The van der Waals surface area contributed by atoms with Crippen LogP contribution < -0.4 is 0 Å². The molecule has 30 heavy (non-hydrogen) atoms. The van der Waals surface area contributed by atoms with Gasteiger partial charge < -0.3 is 10.0 Å². The lowest BCUT2D eigenvalue weighted by molar-refractivity contribution is -0.135. The number of hydrogen-bond acceptors (Lipinski definition) is 5. The molecule has 7 heteroatoms. The van der Waals surface area contributed by atoms with Crippen LogP contribution in [0.4, 0.5) is 0 Å². The van der Waals surface area contributed by atoms with Crippen molar-refractivity contribution < 1.29 is 14.7 Å². The molecule has 2 amide bonds. The Balaban J connectivity index is 1.61. The molecule has 3 rings (SSSR count). The summed E-state index contributed by atoms with van der Waals surface area (Å²) in [6.07, 6.45) is 5.76. The minimum Gasteiger partial charge on any atom is -0.396 e. The van der Waals surface area contributed by atoms with Crippen LogP contribution in [-0.4, -0.2) is 56.8 Å². The molecule has 1 aromatic carbocycles. The largest absolute Gasteiger partial charge is 0.396 e. The Bertz CT molecular complexity index is 818. The number of thioether (sulfide) groups is 1. The van der Waals surface area contributed by atoms with Crippen LogP contribution in [0, 0.1) is 0 Å². The highest BCUT2D eigenvalue weighted by Crippen LogP contribution is 2.33. The number of nitrogens with zero attached hydrogens (tertiary/aromatic N) is 2. The fraction of sp³-hybridized carbons (Fsp3) is 0.522. The fourth-order valence-corrected chi connectivity index (χ4v) is 5.26. The maximum Gasteiger partial charge on any atom is 0.266 e. The SMILES string of the molecule is CC(C)c1ccc(/C=C2\SC(=S)N(CCC(=O)N3CCCC[C@@H]3CCO)C2=O)cc1. The lowest BCUT2D eigenvalue weighted by Gasteiger charge is -2.36. The Labute approximate surface area is 188 Å². The standard InChI is InChI=1S/C23H30N2O3S2/c1-16(2)18-8-6-17(7-9-18)15-20-22(28)25(23(29)30-20)13-10-21(27)24-12-4-3-5-19(24)11-14-26/h6-9,15-16,19,26H,3-5,10-14H2,1-2H3/b20-15-/t19-/m1/s1. The van der Waals surface area contributed by atoms with Gasteiger partial charge in [0.25, 0.3) is 5.91 Å². The summed E-state index contributed by atoms with van der Waals surface area (Å²) in [5.41, 5.74) is 2.23. The number of hydrogen-bond donors (Lipinski definition) is 1. The third-order valence-corrected chi connectivity index (χ3v) is 7.11. The first-order valence-corrected chi connectivity index (χ1v) is 11.9. The lowest BCUT2D eigenvalue weighted by atomic mass is 9.99. The van der Waals surface area contributed by atoms with Gasteiger partial charge >= 0.3 is 0 Å². The molecule has 2 heterocycles. The summed E-state index contributed by atoms with van der Waals surface area (Å²) in [7, 11) is 0. The van der Waals surface area contributed by atoms with Crippen molar-refractivity contribution in [3.8, 4) is 0 Å². The number of carbonyl (C=O) groups is 2. The fourth-order valence-electron chi connectivity index (χ4n) is 3.95. The van der Waals surface area contributed by atoms with Crippen molar-refractivity contribution >= 4 is 46.2 Å². The molecule has 2 aliphatic heterocycles. The summed E-state index contributed by atoms with van der Waals surface area (Å²) < 4.78 is 0.503. The molecular weight excluding hydrogens is 416 g/mol. The molecule has 0 bridgehead atoms. The quantitative estimate of drug-likeness (QED) is 0.503. The lowest BCUT2D eigenvalue weighted by Crippen LogP contribution is -2.45. The molecule has 1 aromatic rings. The number of aliphatic hydroxyl groups is 1. The topological polar surface area (TPSA) is 60.9 Å². The number of carbonyl (C=O) groups excluding carboxylic acids is 2. The van der Waals surface area contributed by atoms with E-state index < -0.39 is 0 Å². The Morgan fingerprint density at radius 1 is 1.30 bits per heavy atom. The molecule has 0 saturated carbocycles. The normalized spacial score (nSPS) is 21.2. The third-order valence-electron chi connectivity index (χ3n) is 5.73. The van der Waals surface area contributed by atoms with Crippen molar-refractivity contribution in [2.45, 2.75) is 57.9 Å². The first-order valence-electron chi connectivity index (χ1n) is 10.7. The highest BCUT2D eigenvalue weighted by molar-refractivity contribution is 8.26. The van der Waals surface area contributed by atoms with Crippen LogP contribution in [0.2, 0.25) is 0 Å². The van der Waals surface area contributed by atoms with E-state index >= 15 is 0 Å². The van der Waals surface area contributed by atoms with E-state index in [1.54, 1.807) is 0 Å². The van der Waals surface area contributed by atoms with E-state index in [-0.39, 0.29) is 30.9 Å². The average molecular weight is 447 g/mol. The second-order valence-electron chi connectivity index (χ2n) is 8.15. The molecule has 162 valence electrons. The highest BCUT2D eigenvalue weighted by atomic mass is 32.2. The predicted octanol–water partition coefficient (Wildman–Crippen LogP) is 4.16. The van der Waals surface area contributed by atoms with E-state index in [1.807, 2.05) is 23.1 Å². The Kier molecular flexibility index (Phi) is 8.08. The van der Waals surface area contributed by atoms with Gasteiger partial charge in [-0.05, 0) is 48.8 Å². The van der Waals surface area contributed by atoms with E-state index in [0.717, 1.165) is 31.4 Å². The zero-order chi connectivity index (χ0) is 21.7. The van der Waals surface area contributed by atoms with Gasteiger partial charge in [0.2, 0.25) is 5.91 Å². The van der Waals surface area contributed by atoms with Gasteiger partial charge in [0.15, 0.2) is 0 Å². The molecular formula is C23H30N2O3S2. The van der Waals surface area contributed by atoms with E-state index in [2.05, 4.69) is 26.0 Å². The molecule has 0 aromatic heterocycles. The van der Waals surface area contributed by atoms with Gasteiger partial charge in [-0.1, -0.05) is 62.1 Å². The Hall–Kier alpha value is -1.70. The molecule has 0 spiro atoms. The first kappa shape index (κ1) is 23.0. The minimum absolute atomic E-state index is 0.0375. The molecule has 0 radical (unpaired) electrons. The predicted molar refractivity (Wildman–Crippen MR) is 126 cm³/mol. The molecule has 1 atom stereocenters. The smallest absolute Gasteiger partial charge is 0.266 e. The molecule has 2 fully saturated rings. The Morgan fingerprint density at radius 2 is 2.03 bits per heavy atom. The number of piperidine rings is 1. The Morgan fingerprint density at radius 3 is 2.70 bits per heavy atom. The van der Waals surface area contributed by atoms with Gasteiger partial charge in [-0.2, -0.15) is 0 Å². The number of amides is 2. The van der Waals surface area contributed by atoms with Gasteiger partial charge in [0, 0.05) is 32.2 Å². The maximum atomic E-state index is 12.8. The highest BCUT2D eigenvalue weighted by Gasteiger charge is 2.33. The molecule has 1 N–H and O–H groups in total. The second kappa shape index (κ2) is 10.6. The van der Waals surface area contributed by atoms with Crippen molar-refractivity contribution in [2.75, 3.05) is 19.7 Å². The summed E-state index contributed by atoms with van der Waals surface area (Å²) in [6, 6.07) is 8.30. The van der Waals surface area contributed by atoms with Gasteiger partial charge in [0.1, 0.15) is 4.32 Å². The van der Waals surface area contributed by atoms with Crippen molar-refractivity contribution in [2.24, 2.45) is 0 Å². The summed E-state index contributed by atoms with van der Waals surface area (Å²) >= 11 is 6.70. The van der Waals surface area contributed by atoms with Gasteiger partial charge in [-0.15, -0.1) is 0 Å². The summed E-state index contributed by atoms with van der Waals surface area (Å²) in [5, 5.41) is 9.27. The van der Waals surface area contributed by atoms with Crippen LogP contribution in [0.15, 0.2) is 29.2 Å². The zero-order valence-corrected chi connectivity index (χ0v) is 19.3. The second-order valence-corrected chi connectivity index (χ2v) is 9.83. The van der Waals surface area contributed by atoms with Gasteiger partial charge in [-0.25, -0.2) is 0 Å². The molecule has 0 unspecified atom stereocenters. The van der Waals surface area contributed by atoms with Crippen molar-refractivity contribution in [1.29, 1.82) is 0 Å². The number of rotatable bonds is 7. The van der Waals surface area contributed by atoms with Crippen molar-refractivity contribution in [3.63, 3.8) is 0 Å². The number of likely N-dealkylation sites (tertiary alicyclic amines) is 1. The van der Waals surface area contributed by atoms with Gasteiger partial charge in [0.05, 0.1) is 4.91 Å². The summed E-state index contributed by atoms with van der Waals surface area (Å²) in [6.45, 7) is 5.42. The van der Waals surface area contributed by atoms with Crippen LogP contribution >= 0.6 is 24.0 Å². The van der Waals surface area contributed by atoms with E-state index in [4.69, 9.17) is 12.2 Å². The van der Waals surface area contributed by atoms with E-state index in [0.29, 0.717) is 28.1 Å². The van der Waals surface area contributed by atoms with E-state index in [9.17, 15) is 14.7 Å². The van der Waals surface area contributed by atoms with Crippen molar-refractivity contribution in [3.05, 3.63) is 40.3 Å². The van der Waals surface area contributed by atoms with Crippen LogP contribution in [0.25, 0.3) is 6.08 Å². The van der Waals surface area contributed by atoms with Crippen LogP contribution in [0.5, 0.6) is 0 Å². The zero-order valence-electron chi connectivity index (χ0n) is 17.7. The van der Waals surface area contributed by atoms with Gasteiger partial charge in [-0.3, -0.25) is 14.5 Å². The van der Waals surface area contributed by atoms with Crippen LogP contribution in [-0.2, 0) is 9.59 Å². The first-order chi connectivity index (χ1) is 14.4. The summed E-state index contributed by atoms with van der Waals surface area (Å²) in [4.78, 5) is 29.6. The number of benzene rings is 1. The summed E-state index contributed by atoms with van der Waals surface area (Å²) in [5.74, 6) is 0.374. The van der Waals surface area contributed by atoms with Crippen molar-refractivity contribution in [1.82, 2.24) is 9.80 Å². The van der Waals surface area contributed by atoms with E-state index in [1.165, 1.54) is 22.2 Å². The number of thiocarbonyl (C=S) groups is 1. The molecule has 0 aliphatic carbocycles. The molecule has 2 aliphatic rings. The third kappa shape index (κ3) is 5.50. The monoisotopic (exact) mass is 446 g/mol. The number of aliphatic hydroxyl groups excluding tert-OH is 1. The minimum atomic E-state index is -0.128. The maximum absolute atomic E-state index is 12.8.